The van der Waals surface area contributed by atoms with Crippen LogP contribution in [0.15, 0.2) is 54.6 Å². The lowest BCUT2D eigenvalue weighted by Crippen LogP contribution is -2.55. The van der Waals surface area contributed by atoms with E-state index in [0.29, 0.717) is 25.1 Å². The third kappa shape index (κ3) is 5.54. The largest absolute Gasteiger partial charge is 0.368 e. The van der Waals surface area contributed by atoms with Gasteiger partial charge in [0.25, 0.3) is 5.91 Å². The van der Waals surface area contributed by atoms with Crippen molar-refractivity contribution in [1.29, 1.82) is 0 Å². The van der Waals surface area contributed by atoms with Crippen molar-refractivity contribution >= 4 is 29.3 Å². The molecule has 0 bridgehead atoms. The molecule has 5 nitrogen and oxygen atoms in total. The maximum atomic E-state index is 13.2. The van der Waals surface area contributed by atoms with Gasteiger partial charge in [0.1, 0.15) is 6.04 Å². The van der Waals surface area contributed by atoms with Crippen LogP contribution in [0.1, 0.15) is 22.3 Å². The van der Waals surface area contributed by atoms with Crippen LogP contribution in [0.2, 0.25) is 0 Å². The number of amides is 2. The number of nitrogens with one attached hydrogen (secondary N) is 1. The summed E-state index contributed by atoms with van der Waals surface area (Å²) in [5, 5.41) is 2.96. The standard InChI is InChI=1S/C23H29N3O2S/c1-18-8-6-7-11-21(18)25-13-15-26(16-14-25)23(28)20(12-17-29-2)24-22(27)19-9-4-3-5-10-19/h3-11,20H,12-17H2,1-2H3,(H,24,27)/t20-/m0/s1. The highest BCUT2D eigenvalue weighted by Crippen LogP contribution is 2.21. The number of anilines is 1. The van der Waals surface area contributed by atoms with Gasteiger partial charge in [0.15, 0.2) is 0 Å². The van der Waals surface area contributed by atoms with Gasteiger partial charge in [-0.15, -0.1) is 0 Å². The fourth-order valence-corrected chi connectivity index (χ4v) is 4.10. The van der Waals surface area contributed by atoms with E-state index < -0.39 is 6.04 Å². The first-order chi connectivity index (χ1) is 14.1. The highest BCUT2D eigenvalue weighted by Gasteiger charge is 2.29. The second-order valence-corrected chi connectivity index (χ2v) is 8.26. The van der Waals surface area contributed by atoms with Crippen LogP contribution in [0.25, 0.3) is 0 Å². The molecular formula is C23H29N3O2S. The molecule has 1 N–H and O–H groups in total. The molecule has 0 unspecified atom stereocenters. The number of hydrogen-bond acceptors (Lipinski definition) is 4. The molecule has 6 heteroatoms. The SMILES string of the molecule is CSCC[C@H](NC(=O)c1ccccc1)C(=O)N1CCN(c2ccccc2C)CC1. The van der Waals surface area contributed by atoms with Gasteiger partial charge in [-0.1, -0.05) is 36.4 Å². The van der Waals surface area contributed by atoms with Gasteiger partial charge in [-0.05, 0) is 49.1 Å². The minimum Gasteiger partial charge on any atom is -0.368 e. The summed E-state index contributed by atoms with van der Waals surface area (Å²) < 4.78 is 0. The summed E-state index contributed by atoms with van der Waals surface area (Å²) in [5.74, 6) is 0.658. The van der Waals surface area contributed by atoms with Crippen LogP contribution < -0.4 is 10.2 Å². The Morgan fingerprint density at radius 1 is 1.00 bits per heavy atom. The third-order valence-electron chi connectivity index (χ3n) is 5.30. The molecule has 1 fully saturated rings. The molecule has 3 rings (SSSR count). The third-order valence-corrected chi connectivity index (χ3v) is 5.94. The molecule has 2 amide bonds. The van der Waals surface area contributed by atoms with Crippen molar-refractivity contribution in [3.8, 4) is 0 Å². The first kappa shape index (κ1) is 21.2. The van der Waals surface area contributed by atoms with E-state index in [2.05, 4.69) is 35.3 Å². The molecule has 0 spiro atoms. The number of piperazine rings is 1. The topological polar surface area (TPSA) is 52.7 Å². The van der Waals surface area contributed by atoms with E-state index in [-0.39, 0.29) is 11.8 Å². The summed E-state index contributed by atoms with van der Waals surface area (Å²) >= 11 is 1.69. The Bertz CT molecular complexity index is 820. The van der Waals surface area contributed by atoms with Crippen molar-refractivity contribution < 1.29 is 9.59 Å². The van der Waals surface area contributed by atoms with E-state index in [1.807, 2.05) is 35.4 Å². The van der Waals surface area contributed by atoms with Gasteiger partial charge >= 0.3 is 0 Å². The zero-order valence-corrected chi connectivity index (χ0v) is 18.0. The molecule has 1 aliphatic rings. The lowest BCUT2D eigenvalue weighted by Gasteiger charge is -2.38. The van der Waals surface area contributed by atoms with Gasteiger partial charge < -0.3 is 15.1 Å². The van der Waals surface area contributed by atoms with Crippen molar-refractivity contribution in [1.82, 2.24) is 10.2 Å². The number of carbonyl (C=O) groups excluding carboxylic acids is 2. The van der Waals surface area contributed by atoms with Gasteiger partial charge in [0, 0.05) is 37.4 Å². The second kappa shape index (κ2) is 10.3. The number of nitrogens with zero attached hydrogens (tertiary/aromatic N) is 2. The fourth-order valence-electron chi connectivity index (χ4n) is 3.63. The van der Waals surface area contributed by atoms with Gasteiger partial charge in [0.2, 0.25) is 5.91 Å². The zero-order chi connectivity index (χ0) is 20.6. The van der Waals surface area contributed by atoms with Gasteiger partial charge in [0.05, 0.1) is 0 Å². The molecule has 0 aliphatic carbocycles. The molecule has 154 valence electrons. The van der Waals surface area contributed by atoms with Gasteiger partial charge in [-0.25, -0.2) is 0 Å². The van der Waals surface area contributed by atoms with Crippen molar-refractivity contribution in [2.24, 2.45) is 0 Å². The maximum Gasteiger partial charge on any atom is 0.251 e. The Morgan fingerprint density at radius 2 is 1.66 bits per heavy atom. The van der Waals surface area contributed by atoms with E-state index in [1.165, 1.54) is 11.3 Å². The Hall–Kier alpha value is -2.47. The predicted molar refractivity (Wildman–Crippen MR) is 121 cm³/mol. The Morgan fingerprint density at radius 3 is 2.31 bits per heavy atom. The summed E-state index contributed by atoms with van der Waals surface area (Å²) in [4.78, 5) is 30.0. The molecule has 1 atom stereocenters. The van der Waals surface area contributed by atoms with Crippen LogP contribution in [0, 0.1) is 6.92 Å². The zero-order valence-electron chi connectivity index (χ0n) is 17.1. The minimum absolute atomic E-state index is 0.0211. The van der Waals surface area contributed by atoms with Gasteiger partial charge in [-0.3, -0.25) is 9.59 Å². The van der Waals surface area contributed by atoms with Crippen molar-refractivity contribution in [3.63, 3.8) is 0 Å². The summed E-state index contributed by atoms with van der Waals surface area (Å²) in [5.41, 5.74) is 3.06. The van der Waals surface area contributed by atoms with Crippen LogP contribution in [-0.4, -0.2) is 60.9 Å². The molecule has 1 heterocycles. The summed E-state index contributed by atoms with van der Waals surface area (Å²) in [6, 6.07) is 16.9. The first-order valence-electron chi connectivity index (χ1n) is 10.0. The van der Waals surface area contributed by atoms with E-state index in [9.17, 15) is 9.59 Å². The van der Waals surface area contributed by atoms with Crippen molar-refractivity contribution in [3.05, 3.63) is 65.7 Å². The first-order valence-corrected chi connectivity index (χ1v) is 11.4. The van der Waals surface area contributed by atoms with Crippen LogP contribution in [0.5, 0.6) is 0 Å². The number of carbonyl (C=O) groups is 2. The smallest absolute Gasteiger partial charge is 0.251 e. The Kier molecular flexibility index (Phi) is 7.58. The van der Waals surface area contributed by atoms with Crippen LogP contribution >= 0.6 is 11.8 Å². The lowest BCUT2D eigenvalue weighted by atomic mass is 10.1. The summed E-state index contributed by atoms with van der Waals surface area (Å²) in [7, 11) is 0. The number of thioether (sulfide) groups is 1. The predicted octanol–water partition coefficient (Wildman–Crippen LogP) is 3.20. The molecule has 2 aromatic rings. The maximum absolute atomic E-state index is 13.2. The average molecular weight is 412 g/mol. The summed E-state index contributed by atoms with van der Waals surface area (Å²) in [6.45, 7) is 5.07. The Balaban J connectivity index is 1.62. The van der Waals surface area contributed by atoms with Gasteiger partial charge in [-0.2, -0.15) is 11.8 Å². The van der Waals surface area contributed by atoms with E-state index in [4.69, 9.17) is 0 Å². The molecular weight excluding hydrogens is 382 g/mol. The van der Waals surface area contributed by atoms with Crippen LogP contribution in [0.3, 0.4) is 0 Å². The molecule has 1 saturated heterocycles. The summed E-state index contributed by atoms with van der Waals surface area (Å²) in [6.07, 6.45) is 2.65. The molecule has 0 aromatic heterocycles. The van der Waals surface area contributed by atoms with Crippen LogP contribution in [0.4, 0.5) is 5.69 Å². The van der Waals surface area contributed by atoms with Crippen molar-refractivity contribution in [2.45, 2.75) is 19.4 Å². The number of aryl methyl sites for hydroxylation is 1. The minimum atomic E-state index is -0.486. The van der Waals surface area contributed by atoms with E-state index in [0.717, 1.165) is 18.8 Å². The fraction of sp³-hybridized carbons (Fsp3) is 0.391. The second-order valence-electron chi connectivity index (χ2n) is 7.27. The Labute approximate surface area is 177 Å². The highest BCUT2D eigenvalue weighted by molar-refractivity contribution is 7.98. The number of rotatable bonds is 7. The number of hydrogen-bond donors (Lipinski definition) is 1. The van der Waals surface area contributed by atoms with Crippen molar-refractivity contribution in [2.75, 3.05) is 43.1 Å². The monoisotopic (exact) mass is 411 g/mol. The number of benzene rings is 2. The van der Waals surface area contributed by atoms with E-state index >= 15 is 0 Å². The quantitative estimate of drug-likeness (QED) is 0.760. The number of para-hydroxylation sites is 1. The molecule has 1 aliphatic heterocycles. The molecule has 2 aromatic carbocycles. The molecule has 0 radical (unpaired) electrons. The highest BCUT2D eigenvalue weighted by atomic mass is 32.2. The molecule has 0 saturated carbocycles. The van der Waals surface area contributed by atoms with Crippen LogP contribution in [-0.2, 0) is 4.79 Å². The van der Waals surface area contributed by atoms with E-state index in [1.54, 1.807) is 23.9 Å². The average Bonchev–Trinajstić information content (AvgIpc) is 2.77. The molecule has 29 heavy (non-hydrogen) atoms. The lowest BCUT2D eigenvalue weighted by molar-refractivity contribution is -0.133. The normalized spacial score (nSPS) is 15.1.